The molecule has 3 nitrogen and oxygen atoms in total. The van der Waals surface area contributed by atoms with Crippen LogP contribution in [0.4, 0.5) is 5.82 Å². The summed E-state index contributed by atoms with van der Waals surface area (Å²) in [7, 11) is 0. The van der Waals surface area contributed by atoms with Crippen LogP contribution in [0.15, 0.2) is 22.9 Å². The molecule has 1 unspecified atom stereocenters. The van der Waals surface area contributed by atoms with Gasteiger partial charge in [0, 0.05) is 5.69 Å². The van der Waals surface area contributed by atoms with E-state index in [0.29, 0.717) is 4.99 Å². The van der Waals surface area contributed by atoms with Gasteiger partial charge in [-0.05, 0) is 66.6 Å². The van der Waals surface area contributed by atoms with E-state index in [2.05, 4.69) is 35.1 Å². The first-order chi connectivity index (χ1) is 10.1. The van der Waals surface area contributed by atoms with Crippen LogP contribution in [0.2, 0.25) is 0 Å². The van der Waals surface area contributed by atoms with E-state index >= 15 is 0 Å². The summed E-state index contributed by atoms with van der Waals surface area (Å²) in [5, 5.41) is 7.71. The van der Waals surface area contributed by atoms with Crippen LogP contribution in [0.1, 0.15) is 48.2 Å². The quantitative estimate of drug-likeness (QED) is 0.842. The van der Waals surface area contributed by atoms with E-state index in [9.17, 15) is 0 Å². The third kappa shape index (κ3) is 3.09. The summed E-state index contributed by atoms with van der Waals surface area (Å²) < 4.78 is 0. The third-order valence-electron chi connectivity index (χ3n) is 3.96. The number of nitrogens with two attached hydrogens (primary N) is 1. The minimum Gasteiger partial charge on any atom is -0.389 e. The van der Waals surface area contributed by atoms with Crippen LogP contribution >= 0.6 is 23.6 Å². The molecule has 110 valence electrons. The fraction of sp³-hybridized carbons (Fsp3) is 0.375. The molecule has 1 aliphatic carbocycles. The number of aryl methyl sites for hydroxylation is 2. The fourth-order valence-electron chi connectivity index (χ4n) is 2.74. The van der Waals surface area contributed by atoms with Crippen molar-refractivity contribution in [2.75, 3.05) is 5.32 Å². The molecule has 2 heterocycles. The third-order valence-corrected chi connectivity index (χ3v) is 4.88. The number of pyridine rings is 1. The Kier molecular flexibility index (Phi) is 4.22. The number of thiophene rings is 1. The molecule has 0 saturated heterocycles. The van der Waals surface area contributed by atoms with Gasteiger partial charge in [-0.1, -0.05) is 12.2 Å². The summed E-state index contributed by atoms with van der Waals surface area (Å²) >= 11 is 6.91. The highest BCUT2D eigenvalue weighted by atomic mass is 32.1. The summed E-state index contributed by atoms with van der Waals surface area (Å²) in [6.45, 7) is 2.13. The standard InChI is InChI=1S/C16H19N3S2/c1-10(12-6-7-21-9-12)18-16-13(15(17)20)8-11-4-2-3-5-14(11)19-16/h6-10H,2-5H2,1H3,(H2,17,20)(H,18,19). The van der Waals surface area contributed by atoms with Crippen molar-refractivity contribution in [3.8, 4) is 0 Å². The lowest BCUT2D eigenvalue weighted by Crippen LogP contribution is -2.19. The molecule has 1 atom stereocenters. The molecule has 0 amide bonds. The summed E-state index contributed by atoms with van der Waals surface area (Å²) in [6.07, 6.45) is 4.57. The number of fused-ring (bicyclic) bond motifs is 1. The molecular weight excluding hydrogens is 298 g/mol. The van der Waals surface area contributed by atoms with Crippen molar-refractivity contribution in [2.24, 2.45) is 5.73 Å². The van der Waals surface area contributed by atoms with E-state index in [1.165, 1.54) is 29.7 Å². The predicted octanol–water partition coefficient (Wildman–Crippen LogP) is 3.83. The molecule has 0 spiro atoms. The monoisotopic (exact) mass is 317 g/mol. The molecule has 0 aromatic carbocycles. The number of nitrogens with one attached hydrogen (secondary N) is 1. The van der Waals surface area contributed by atoms with Crippen molar-refractivity contribution in [3.05, 3.63) is 45.3 Å². The Balaban J connectivity index is 1.94. The molecule has 5 heteroatoms. The van der Waals surface area contributed by atoms with E-state index in [0.717, 1.165) is 24.2 Å². The molecule has 2 aromatic heterocycles. The van der Waals surface area contributed by atoms with E-state index in [1.807, 2.05) is 0 Å². The molecular formula is C16H19N3S2. The lowest BCUT2D eigenvalue weighted by Gasteiger charge is -2.21. The smallest absolute Gasteiger partial charge is 0.137 e. The Hall–Kier alpha value is -1.46. The first-order valence-electron chi connectivity index (χ1n) is 7.26. The van der Waals surface area contributed by atoms with Gasteiger partial charge in [0.15, 0.2) is 0 Å². The number of aromatic nitrogens is 1. The van der Waals surface area contributed by atoms with Crippen molar-refractivity contribution in [1.82, 2.24) is 4.98 Å². The van der Waals surface area contributed by atoms with E-state index in [4.69, 9.17) is 22.9 Å². The number of hydrogen-bond acceptors (Lipinski definition) is 4. The molecule has 0 radical (unpaired) electrons. The molecule has 2 aromatic rings. The van der Waals surface area contributed by atoms with Crippen LogP contribution in [-0.4, -0.2) is 9.97 Å². The fourth-order valence-corrected chi connectivity index (χ4v) is 3.65. The van der Waals surface area contributed by atoms with Gasteiger partial charge in [-0.2, -0.15) is 11.3 Å². The Bertz CT molecular complexity index is 650. The normalized spacial score (nSPS) is 15.3. The van der Waals surface area contributed by atoms with E-state index < -0.39 is 0 Å². The minimum absolute atomic E-state index is 0.193. The highest BCUT2D eigenvalue weighted by Gasteiger charge is 2.18. The molecule has 3 rings (SSSR count). The lowest BCUT2D eigenvalue weighted by molar-refractivity contribution is 0.667. The van der Waals surface area contributed by atoms with Crippen molar-refractivity contribution in [3.63, 3.8) is 0 Å². The first kappa shape index (κ1) is 14.5. The highest BCUT2D eigenvalue weighted by Crippen LogP contribution is 2.27. The van der Waals surface area contributed by atoms with Crippen molar-refractivity contribution in [2.45, 2.75) is 38.6 Å². The highest BCUT2D eigenvalue weighted by molar-refractivity contribution is 7.80. The first-order valence-corrected chi connectivity index (χ1v) is 8.61. The zero-order valence-corrected chi connectivity index (χ0v) is 13.7. The molecule has 0 aliphatic heterocycles. The average Bonchev–Trinajstić information content (AvgIpc) is 3.00. The Morgan fingerprint density at radius 1 is 1.43 bits per heavy atom. The molecule has 0 bridgehead atoms. The Labute approximate surface area is 134 Å². The van der Waals surface area contributed by atoms with Gasteiger partial charge in [-0.15, -0.1) is 0 Å². The lowest BCUT2D eigenvalue weighted by atomic mass is 9.94. The van der Waals surface area contributed by atoms with Gasteiger partial charge in [-0.3, -0.25) is 0 Å². The van der Waals surface area contributed by atoms with Gasteiger partial charge in [-0.25, -0.2) is 4.98 Å². The summed E-state index contributed by atoms with van der Waals surface area (Å²) in [5.41, 5.74) is 10.5. The predicted molar refractivity (Wildman–Crippen MR) is 93.1 cm³/mol. The second-order valence-corrected chi connectivity index (χ2v) is 6.70. The molecule has 21 heavy (non-hydrogen) atoms. The Morgan fingerprint density at radius 2 is 2.24 bits per heavy atom. The number of thiocarbonyl (C=S) groups is 1. The zero-order valence-electron chi connectivity index (χ0n) is 12.1. The van der Waals surface area contributed by atoms with Gasteiger partial charge < -0.3 is 11.1 Å². The molecule has 1 aliphatic rings. The Morgan fingerprint density at radius 3 is 2.95 bits per heavy atom. The van der Waals surface area contributed by atoms with Crippen LogP contribution in [-0.2, 0) is 12.8 Å². The maximum atomic E-state index is 5.90. The maximum absolute atomic E-state index is 5.90. The van der Waals surface area contributed by atoms with Gasteiger partial charge >= 0.3 is 0 Å². The number of anilines is 1. The molecule has 0 saturated carbocycles. The van der Waals surface area contributed by atoms with Crippen molar-refractivity contribution < 1.29 is 0 Å². The molecule has 3 N–H and O–H groups in total. The topological polar surface area (TPSA) is 50.9 Å². The summed E-state index contributed by atoms with van der Waals surface area (Å²) in [5.74, 6) is 0.821. The largest absolute Gasteiger partial charge is 0.389 e. The summed E-state index contributed by atoms with van der Waals surface area (Å²) in [6, 6.07) is 4.45. The maximum Gasteiger partial charge on any atom is 0.137 e. The van der Waals surface area contributed by atoms with Crippen LogP contribution in [0.3, 0.4) is 0 Å². The number of nitrogens with zero attached hydrogens (tertiary/aromatic N) is 1. The van der Waals surface area contributed by atoms with Crippen LogP contribution < -0.4 is 11.1 Å². The molecule has 0 fully saturated rings. The van der Waals surface area contributed by atoms with Gasteiger partial charge in [0.05, 0.1) is 11.6 Å². The van der Waals surface area contributed by atoms with Crippen LogP contribution in [0.5, 0.6) is 0 Å². The number of rotatable bonds is 4. The van der Waals surface area contributed by atoms with Gasteiger partial charge in [0.1, 0.15) is 10.8 Å². The number of hydrogen-bond donors (Lipinski definition) is 2. The van der Waals surface area contributed by atoms with Gasteiger partial charge in [0.25, 0.3) is 0 Å². The minimum atomic E-state index is 0.193. The van der Waals surface area contributed by atoms with E-state index in [-0.39, 0.29) is 6.04 Å². The summed E-state index contributed by atoms with van der Waals surface area (Å²) in [4.78, 5) is 5.22. The van der Waals surface area contributed by atoms with Crippen molar-refractivity contribution >= 4 is 34.4 Å². The average molecular weight is 317 g/mol. The second-order valence-electron chi connectivity index (χ2n) is 5.48. The van der Waals surface area contributed by atoms with Crippen LogP contribution in [0, 0.1) is 0 Å². The second kappa shape index (κ2) is 6.12. The zero-order chi connectivity index (χ0) is 14.8. The van der Waals surface area contributed by atoms with Crippen molar-refractivity contribution in [1.29, 1.82) is 0 Å². The van der Waals surface area contributed by atoms with Gasteiger partial charge in [0.2, 0.25) is 0 Å². The van der Waals surface area contributed by atoms with E-state index in [1.54, 1.807) is 11.3 Å². The SMILES string of the molecule is CC(Nc1nc2c(cc1C(N)=S)CCCC2)c1ccsc1. The van der Waals surface area contributed by atoms with Crippen LogP contribution in [0.25, 0.3) is 0 Å².